The molecule has 0 N–H and O–H groups in total. The van der Waals surface area contributed by atoms with Crippen LogP contribution >= 0.6 is 0 Å². The molecule has 1 aliphatic rings. The van der Waals surface area contributed by atoms with Crippen molar-refractivity contribution in [2.75, 3.05) is 0 Å². The summed E-state index contributed by atoms with van der Waals surface area (Å²) in [5, 5.41) is 0. The molecule has 3 nitrogen and oxygen atoms in total. The molecule has 0 bridgehead atoms. The third kappa shape index (κ3) is 3.25. The number of hydrogen-bond acceptors (Lipinski definition) is 3. The van der Waals surface area contributed by atoms with Gasteiger partial charge in [-0.15, -0.1) is 0 Å². The third-order valence-corrected chi connectivity index (χ3v) is 3.76. The fraction of sp³-hybridized carbons (Fsp3) is 0.933. The number of cyclic esters (lactones) is 1. The summed E-state index contributed by atoms with van der Waals surface area (Å²) in [5.74, 6) is -0.232. The van der Waals surface area contributed by atoms with Crippen molar-refractivity contribution < 1.29 is 14.3 Å². The smallest absolute Gasteiger partial charge is 0.314 e. The Kier molecular flexibility index (Phi) is 4.82. The Morgan fingerprint density at radius 1 is 1.28 bits per heavy atom. The first-order valence-electron chi connectivity index (χ1n) is 7.13. The van der Waals surface area contributed by atoms with E-state index in [1.54, 1.807) is 0 Å². The van der Waals surface area contributed by atoms with Gasteiger partial charge in [-0.3, -0.25) is 4.79 Å². The summed E-state index contributed by atoms with van der Waals surface area (Å²) < 4.78 is 11.6. The molecular weight excluding hydrogens is 228 g/mol. The quantitative estimate of drug-likeness (QED) is 0.715. The first-order chi connectivity index (χ1) is 8.24. The van der Waals surface area contributed by atoms with E-state index in [-0.39, 0.29) is 22.9 Å². The standard InChI is InChI=1S/C15H28O3/c1-7-9-10-15(6)11(8-2)12(16)17-13(18-15)14(3,4)5/h11,13H,7-10H2,1-6H3/t11-,13+,15+/m0/s1. The molecule has 18 heavy (non-hydrogen) atoms. The Morgan fingerprint density at radius 3 is 2.33 bits per heavy atom. The van der Waals surface area contributed by atoms with Crippen molar-refractivity contribution in [2.24, 2.45) is 11.3 Å². The maximum absolute atomic E-state index is 12.2. The normalized spacial score (nSPS) is 33.3. The maximum Gasteiger partial charge on any atom is 0.314 e. The lowest BCUT2D eigenvalue weighted by Crippen LogP contribution is -2.54. The maximum atomic E-state index is 12.2. The Hall–Kier alpha value is -0.570. The highest BCUT2D eigenvalue weighted by atomic mass is 16.7. The highest BCUT2D eigenvalue weighted by molar-refractivity contribution is 5.74. The van der Waals surface area contributed by atoms with Gasteiger partial charge in [0.15, 0.2) is 0 Å². The fourth-order valence-electron chi connectivity index (χ4n) is 2.50. The van der Waals surface area contributed by atoms with Crippen LogP contribution in [-0.2, 0) is 14.3 Å². The molecule has 106 valence electrons. The molecule has 0 aromatic carbocycles. The van der Waals surface area contributed by atoms with E-state index in [0.29, 0.717) is 0 Å². The summed E-state index contributed by atoms with van der Waals surface area (Å²) >= 11 is 0. The zero-order valence-corrected chi connectivity index (χ0v) is 12.7. The lowest BCUT2D eigenvalue weighted by atomic mass is 9.81. The van der Waals surface area contributed by atoms with Crippen molar-refractivity contribution in [2.45, 2.75) is 79.1 Å². The lowest BCUT2D eigenvalue weighted by Gasteiger charge is -2.46. The van der Waals surface area contributed by atoms with Gasteiger partial charge in [0.1, 0.15) is 0 Å². The molecule has 1 aliphatic heterocycles. The average molecular weight is 256 g/mol. The SMILES string of the molecule is CCCC[C@@]1(C)O[C@H](C(C)(C)C)OC(=O)[C@@H]1CC. The predicted molar refractivity (Wildman–Crippen MR) is 72.1 cm³/mol. The van der Waals surface area contributed by atoms with Crippen molar-refractivity contribution in [3.63, 3.8) is 0 Å². The van der Waals surface area contributed by atoms with E-state index in [9.17, 15) is 4.79 Å². The molecule has 0 aromatic heterocycles. The van der Waals surface area contributed by atoms with Crippen molar-refractivity contribution in [1.82, 2.24) is 0 Å². The van der Waals surface area contributed by atoms with Crippen molar-refractivity contribution in [3.05, 3.63) is 0 Å². The van der Waals surface area contributed by atoms with Crippen molar-refractivity contribution >= 4 is 5.97 Å². The zero-order chi connectivity index (χ0) is 14.0. The molecule has 1 fully saturated rings. The van der Waals surface area contributed by atoms with Crippen LogP contribution in [0.2, 0.25) is 0 Å². The van der Waals surface area contributed by atoms with Gasteiger partial charge in [-0.05, 0) is 19.8 Å². The van der Waals surface area contributed by atoms with E-state index in [1.165, 1.54) is 0 Å². The van der Waals surface area contributed by atoms with Gasteiger partial charge in [-0.25, -0.2) is 0 Å². The van der Waals surface area contributed by atoms with E-state index >= 15 is 0 Å². The summed E-state index contributed by atoms with van der Waals surface area (Å²) in [6, 6.07) is 0. The second-order valence-corrected chi connectivity index (χ2v) is 6.63. The molecular formula is C15H28O3. The van der Waals surface area contributed by atoms with Crippen LogP contribution in [0.1, 0.15) is 67.2 Å². The molecule has 1 heterocycles. The van der Waals surface area contributed by atoms with E-state index in [4.69, 9.17) is 9.47 Å². The summed E-state index contributed by atoms with van der Waals surface area (Å²) in [6.07, 6.45) is 3.45. The summed E-state index contributed by atoms with van der Waals surface area (Å²) in [7, 11) is 0. The molecule has 1 saturated heterocycles. The Labute approximate surface area is 111 Å². The summed E-state index contributed by atoms with van der Waals surface area (Å²) in [4.78, 5) is 12.2. The number of hydrogen-bond donors (Lipinski definition) is 0. The van der Waals surface area contributed by atoms with Gasteiger partial charge in [0.25, 0.3) is 0 Å². The van der Waals surface area contributed by atoms with E-state index in [0.717, 1.165) is 25.7 Å². The number of rotatable bonds is 4. The van der Waals surface area contributed by atoms with Crippen LogP contribution in [0, 0.1) is 11.3 Å². The van der Waals surface area contributed by atoms with Gasteiger partial charge in [0.05, 0.1) is 11.5 Å². The van der Waals surface area contributed by atoms with E-state index < -0.39 is 6.29 Å². The van der Waals surface area contributed by atoms with Crippen LogP contribution in [-0.4, -0.2) is 17.9 Å². The molecule has 0 aliphatic carbocycles. The molecule has 3 atom stereocenters. The molecule has 3 heteroatoms. The minimum absolute atomic E-state index is 0.0951. The van der Waals surface area contributed by atoms with E-state index in [2.05, 4.69) is 13.8 Å². The van der Waals surface area contributed by atoms with Crippen LogP contribution < -0.4 is 0 Å². The fourth-order valence-corrected chi connectivity index (χ4v) is 2.50. The monoisotopic (exact) mass is 256 g/mol. The molecule has 0 radical (unpaired) electrons. The zero-order valence-electron chi connectivity index (χ0n) is 12.7. The molecule has 0 amide bonds. The number of esters is 1. The first-order valence-corrected chi connectivity index (χ1v) is 7.13. The molecule has 0 aromatic rings. The highest BCUT2D eigenvalue weighted by Crippen LogP contribution is 2.41. The number of ether oxygens (including phenoxy) is 2. The van der Waals surface area contributed by atoms with Crippen molar-refractivity contribution in [1.29, 1.82) is 0 Å². The highest BCUT2D eigenvalue weighted by Gasteiger charge is 2.49. The van der Waals surface area contributed by atoms with Crippen LogP contribution in [0.3, 0.4) is 0 Å². The minimum Gasteiger partial charge on any atom is -0.435 e. The third-order valence-electron chi connectivity index (χ3n) is 3.76. The van der Waals surface area contributed by atoms with Crippen LogP contribution in [0.15, 0.2) is 0 Å². The van der Waals surface area contributed by atoms with Gasteiger partial charge in [0, 0.05) is 5.41 Å². The number of unbranched alkanes of at least 4 members (excludes halogenated alkanes) is 1. The molecule has 0 unspecified atom stereocenters. The molecule has 0 saturated carbocycles. The molecule has 0 spiro atoms. The van der Waals surface area contributed by atoms with Crippen molar-refractivity contribution in [3.8, 4) is 0 Å². The van der Waals surface area contributed by atoms with Gasteiger partial charge >= 0.3 is 5.97 Å². The Bertz CT molecular complexity index is 293. The van der Waals surface area contributed by atoms with Crippen LogP contribution in [0.25, 0.3) is 0 Å². The number of carbonyl (C=O) groups excluding carboxylic acids is 1. The summed E-state index contributed by atoms with van der Waals surface area (Å²) in [5.41, 5.74) is -0.556. The second kappa shape index (κ2) is 5.60. The Morgan fingerprint density at radius 2 is 1.89 bits per heavy atom. The van der Waals surface area contributed by atoms with Crippen LogP contribution in [0.4, 0.5) is 0 Å². The minimum atomic E-state index is -0.436. The van der Waals surface area contributed by atoms with E-state index in [1.807, 2.05) is 27.7 Å². The largest absolute Gasteiger partial charge is 0.435 e. The molecule has 1 rings (SSSR count). The second-order valence-electron chi connectivity index (χ2n) is 6.63. The number of carbonyl (C=O) groups is 1. The Balaban J connectivity index is 2.91. The first kappa shape index (κ1) is 15.5. The van der Waals surface area contributed by atoms with Gasteiger partial charge < -0.3 is 9.47 Å². The predicted octanol–water partition coefficient (Wildman–Crippen LogP) is 3.91. The van der Waals surface area contributed by atoms with Gasteiger partial charge in [-0.1, -0.05) is 47.5 Å². The topological polar surface area (TPSA) is 35.5 Å². The summed E-state index contributed by atoms with van der Waals surface area (Å²) in [6.45, 7) is 12.4. The van der Waals surface area contributed by atoms with Gasteiger partial charge in [-0.2, -0.15) is 0 Å². The average Bonchev–Trinajstić information content (AvgIpc) is 2.25. The van der Waals surface area contributed by atoms with Crippen LogP contribution in [0.5, 0.6) is 0 Å². The van der Waals surface area contributed by atoms with Gasteiger partial charge in [0.2, 0.25) is 6.29 Å². The lowest BCUT2D eigenvalue weighted by molar-refractivity contribution is -0.287.